The molecule has 2 rings (SSSR count). The minimum atomic E-state index is 0.275. The fourth-order valence-electron chi connectivity index (χ4n) is 2.37. The molecule has 4 heteroatoms. The van der Waals surface area contributed by atoms with E-state index in [0.29, 0.717) is 11.8 Å². The first-order valence-electron chi connectivity index (χ1n) is 6.46. The van der Waals surface area contributed by atoms with E-state index < -0.39 is 0 Å². The van der Waals surface area contributed by atoms with Crippen molar-refractivity contribution in [3.05, 3.63) is 16.1 Å². The molecule has 1 aromatic rings. The summed E-state index contributed by atoms with van der Waals surface area (Å²) in [6, 6.07) is 0. The molecule has 1 aliphatic heterocycles. The number of hydrogen-bond donors (Lipinski definition) is 1. The van der Waals surface area contributed by atoms with Gasteiger partial charge in [-0.2, -0.15) is 0 Å². The molecule has 0 aromatic carbocycles. The third kappa shape index (κ3) is 3.27. The summed E-state index contributed by atoms with van der Waals surface area (Å²) in [7, 11) is 2.17. The van der Waals surface area contributed by atoms with Crippen LogP contribution in [0, 0.1) is 5.92 Å². The number of nitrogens with zero attached hydrogens (tertiary/aromatic N) is 2. The van der Waals surface area contributed by atoms with Gasteiger partial charge in [0.25, 0.3) is 0 Å². The third-order valence-electron chi connectivity index (χ3n) is 3.68. The van der Waals surface area contributed by atoms with Gasteiger partial charge in [-0.3, -0.25) is 0 Å². The van der Waals surface area contributed by atoms with Gasteiger partial charge in [-0.25, -0.2) is 4.98 Å². The van der Waals surface area contributed by atoms with Crippen molar-refractivity contribution in [2.45, 2.75) is 32.1 Å². The first-order chi connectivity index (χ1) is 8.22. The summed E-state index contributed by atoms with van der Waals surface area (Å²) in [5.74, 6) is 0.999. The van der Waals surface area contributed by atoms with Crippen LogP contribution >= 0.6 is 11.3 Å². The van der Waals surface area contributed by atoms with E-state index in [1.54, 1.807) is 11.3 Å². The highest BCUT2D eigenvalue weighted by atomic mass is 32.1. The Balaban J connectivity index is 1.96. The van der Waals surface area contributed by atoms with Crippen molar-refractivity contribution in [2.75, 3.05) is 26.7 Å². The van der Waals surface area contributed by atoms with Crippen molar-refractivity contribution in [1.82, 2.24) is 9.88 Å². The number of hydrogen-bond acceptors (Lipinski definition) is 4. The topological polar surface area (TPSA) is 36.4 Å². The molecule has 1 saturated heterocycles. The highest BCUT2D eigenvalue weighted by Gasteiger charge is 2.23. The lowest BCUT2D eigenvalue weighted by atomic mass is 10.0. The minimum Gasteiger partial charge on any atom is -0.396 e. The zero-order chi connectivity index (χ0) is 12.3. The quantitative estimate of drug-likeness (QED) is 0.874. The molecule has 2 unspecified atom stereocenters. The van der Waals surface area contributed by atoms with Crippen LogP contribution in [0.25, 0.3) is 0 Å². The van der Waals surface area contributed by atoms with Crippen LogP contribution in [0.2, 0.25) is 0 Å². The molecule has 1 fully saturated rings. The zero-order valence-electron chi connectivity index (χ0n) is 10.7. The lowest BCUT2D eigenvalue weighted by Gasteiger charge is -2.09. The van der Waals surface area contributed by atoms with Crippen LogP contribution in [0.5, 0.6) is 0 Å². The molecular weight excluding hydrogens is 232 g/mol. The minimum absolute atomic E-state index is 0.275. The van der Waals surface area contributed by atoms with Gasteiger partial charge < -0.3 is 10.0 Å². The van der Waals surface area contributed by atoms with Gasteiger partial charge in [0.1, 0.15) is 0 Å². The lowest BCUT2D eigenvalue weighted by Crippen LogP contribution is -2.13. The molecule has 0 radical (unpaired) electrons. The molecular formula is C13H22N2OS. The van der Waals surface area contributed by atoms with Gasteiger partial charge in [0.05, 0.1) is 10.7 Å². The number of rotatable bonds is 5. The predicted octanol–water partition coefficient (Wildman–Crippen LogP) is 2.12. The second kappa shape index (κ2) is 5.94. The molecule has 0 bridgehead atoms. The summed E-state index contributed by atoms with van der Waals surface area (Å²) in [6.45, 7) is 4.73. The number of aliphatic hydroxyl groups is 1. The van der Waals surface area contributed by atoms with Gasteiger partial charge in [-0.15, -0.1) is 11.3 Å². The van der Waals surface area contributed by atoms with Crippen molar-refractivity contribution in [2.24, 2.45) is 5.92 Å². The maximum atomic E-state index is 9.21. The molecule has 1 aliphatic rings. The molecule has 0 saturated carbocycles. The molecule has 96 valence electrons. The largest absolute Gasteiger partial charge is 0.396 e. The number of aromatic nitrogens is 1. The van der Waals surface area contributed by atoms with E-state index in [2.05, 4.69) is 24.3 Å². The maximum Gasteiger partial charge on any atom is 0.0932 e. The van der Waals surface area contributed by atoms with Gasteiger partial charge in [0.2, 0.25) is 0 Å². The number of likely N-dealkylation sites (tertiary alicyclic amines) is 1. The Morgan fingerprint density at radius 3 is 3.06 bits per heavy atom. The SMILES string of the molecule is CCC(CO)Cc1nc(C2CCN(C)C2)cs1. The first-order valence-corrected chi connectivity index (χ1v) is 7.34. The van der Waals surface area contributed by atoms with Crippen molar-refractivity contribution in [1.29, 1.82) is 0 Å². The number of thiazole rings is 1. The van der Waals surface area contributed by atoms with Gasteiger partial charge >= 0.3 is 0 Å². The zero-order valence-corrected chi connectivity index (χ0v) is 11.5. The van der Waals surface area contributed by atoms with Crippen molar-refractivity contribution in [3.8, 4) is 0 Å². The Morgan fingerprint density at radius 2 is 2.47 bits per heavy atom. The van der Waals surface area contributed by atoms with Gasteiger partial charge in [0.15, 0.2) is 0 Å². The van der Waals surface area contributed by atoms with Gasteiger partial charge in [-0.1, -0.05) is 13.3 Å². The van der Waals surface area contributed by atoms with E-state index in [9.17, 15) is 5.11 Å². The molecule has 2 atom stereocenters. The van der Waals surface area contributed by atoms with Crippen molar-refractivity contribution >= 4 is 11.3 Å². The van der Waals surface area contributed by atoms with Gasteiger partial charge in [0, 0.05) is 30.9 Å². The molecule has 17 heavy (non-hydrogen) atoms. The molecule has 1 N–H and O–H groups in total. The molecule has 0 aliphatic carbocycles. The second-order valence-corrected chi connectivity index (χ2v) is 6.02. The summed E-state index contributed by atoms with van der Waals surface area (Å²) in [5.41, 5.74) is 1.27. The maximum absolute atomic E-state index is 9.21. The van der Waals surface area contributed by atoms with Crippen LogP contribution in [0.3, 0.4) is 0 Å². The highest BCUT2D eigenvalue weighted by molar-refractivity contribution is 7.09. The van der Waals surface area contributed by atoms with Crippen LogP contribution < -0.4 is 0 Å². The van der Waals surface area contributed by atoms with Gasteiger partial charge in [-0.05, 0) is 25.9 Å². The third-order valence-corrected chi connectivity index (χ3v) is 4.57. The standard InChI is InChI=1S/C13H22N2OS/c1-3-10(8-16)6-13-14-12(9-17-13)11-4-5-15(2)7-11/h9-11,16H,3-8H2,1-2H3. The van der Waals surface area contributed by atoms with E-state index >= 15 is 0 Å². The normalized spacial score (nSPS) is 23.1. The predicted molar refractivity (Wildman–Crippen MR) is 71.5 cm³/mol. The first kappa shape index (κ1) is 13.0. The molecule has 2 heterocycles. The van der Waals surface area contributed by atoms with Crippen molar-refractivity contribution in [3.63, 3.8) is 0 Å². The fourth-order valence-corrected chi connectivity index (χ4v) is 3.36. The van der Waals surface area contributed by atoms with E-state index in [4.69, 9.17) is 4.98 Å². The van der Waals surface area contributed by atoms with Crippen LogP contribution in [-0.2, 0) is 6.42 Å². The monoisotopic (exact) mass is 254 g/mol. The summed E-state index contributed by atoms with van der Waals surface area (Å²) >= 11 is 1.76. The van der Waals surface area contributed by atoms with E-state index in [1.165, 1.54) is 23.7 Å². The number of aliphatic hydroxyl groups excluding tert-OH is 1. The fraction of sp³-hybridized carbons (Fsp3) is 0.769. The summed E-state index contributed by atoms with van der Waals surface area (Å²) in [4.78, 5) is 7.11. The molecule has 3 nitrogen and oxygen atoms in total. The Morgan fingerprint density at radius 1 is 1.65 bits per heavy atom. The smallest absolute Gasteiger partial charge is 0.0932 e. The Bertz CT molecular complexity index is 349. The molecule has 1 aromatic heterocycles. The Kier molecular flexibility index (Phi) is 4.54. The van der Waals surface area contributed by atoms with E-state index in [1.807, 2.05) is 0 Å². The average Bonchev–Trinajstić information content (AvgIpc) is 2.94. The second-order valence-electron chi connectivity index (χ2n) is 5.07. The summed E-state index contributed by atoms with van der Waals surface area (Å²) < 4.78 is 0. The average molecular weight is 254 g/mol. The Hall–Kier alpha value is -0.450. The van der Waals surface area contributed by atoms with Crippen LogP contribution in [-0.4, -0.2) is 41.7 Å². The van der Waals surface area contributed by atoms with E-state index in [0.717, 1.165) is 19.4 Å². The summed E-state index contributed by atoms with van der Waals surface area (Å²) in [6.07, 6.45) is 3.19. The van der Waals surface area contributed by atoms with E-state index in [-0.39, 0.29) is 6.61 Å². The highest BCUT2D eigenvalue weighted by Crippen LogP contribution is 2.28. The summed E-state index contributed by atoms with van der Waals surface area (Å²) in [5, 5.41) is 12.6. The Labute approximate surface area is 107 Å². The lowest BCUT2D eigenvalue weighted by molar-refractivity contribution is 0.222. The van der Waals surface area contributed by atoms with Crippen LogP contribution in [0.4, 0.5) is 0 Å². The number of likely N-dealkylation sites (N-methyl/N-ethyl adjacent to an activating group) is 1. The molecule has 0 spiro atoms. The van der Waals surface area contributed by atoms with Crippen LogP contribution in [0.15, 0.2) is 5.38 Å². The van der Waals surface area contributed by atoms with Crippen molar-refractivity contribution < 1.29 is 5.11 Å². The van der Waals surface area contributed by atoms with Crippen LogP contribution in [0.1, 0.15) is 36.4 Å². The molecule has 0 amide bonds.